The highest BCUT2D eigenvalue weighted by Gasteiger charge is 2.27. The van der Waals surface area contributed by atoms with Gasteiger partial charge in [0, 0.05) is 33.3 Å². The van der Waals surface area contributed by atoms with Gasteiger partial charge in [-0.25, -0.2) is 4.98 Å². The fourth-order valence-electron chi connectivity index (χ4n) is 2.93. The van der Waals surface area contributed by atoms with E-state index < -0.39 is 6.10 Å². The van der Waals surface area contributed by atoms with Gasteiger partial charge in [-0.15, -0.1) is 0 Å². The van der Waals surface area contributed by atoms with E-state index in [4.69, 9.17) is 9.26 Å². The lowest BCUT2D eigenvalue weighted by Crippen LogP contribution is -2.39. The normalized spacial score (nSPS) is 18.9. The van der Waals surface area contributed by atoms with Crippen LogP contribution in [0.1, 0.15) is 11.5 Å². The number of carbonyl (C=O) groups is 1. The zero-order valence-electron chi connectivity index (χ0n) is 14.0. The smallest absolute Gasteiger partial charge is 0.263 e. The van der Waals surface area contributed by atoms with Crippen molar-refractivity contribution in [1.82, 2.24) is 20.0 Å². The van der Waals surface area contributed by atoms with E-state index in [0.29, 0.717) is 42.7 Å². The summed E-state index contributed by atoms with van der Waals surface area (Å²) >= 11 is 0. The van der Waals surface area contributed by atoms with E-state index >= 15 is 0 Å². The van der Waals surface area contributed by atoms with Crippen molar-refractivity contribution in [3.05, 3.63) is 11.5 Å². The first-order chi connectivity index (χ1) is 11.5. The number of ether oxygens (including phenoxy) is 1. The fraction of sp³-hybridized carbons (Fsp3) is 0.600. The van der Waals surface area contributed by atoms with Crippen molar-refractivity contribution < 1.29 is 19.2 Å². The van der Waals surface area contributed by atoms with Crippen molar-refractivity contribution in [3.8, 4) is 0 Å². The first kappa shape index (κ1) is 16.6. The van der Waals surface area contributed by atoms with Crippen LogP contribution in [0.25, 0.3) is 11.1 Å². The van der Waals surface area contributed by atoms with Crippen LogP contribution in [-0.2, 0) is 9.53 Å². The van der Waals surface area contributed by atoms with Crippen molar-refractivity contribution in [3.63, 3.8) is 0 Å². The maximum absolute atomic E-state index is 12.0. The van der Waals surface area contributed by atoms with Crippen molar-refractivity contribution in [2.75, 3.05) is 44.8 Å². The maximum atomic E-state index is 12.0. The lowest BCUT2D eigenvalue weighted by atomic mass is 10.2. The minimum atomic E-state index is -0.682. The van der Waals surface area contributed by atoms with E-state index in [9.17, 15) is 9.90 Å². The number of nitrogens with zero attached hydrogens (tertiary/aromatic N) is 5. The van der Waals surface area contributed by atoms with E-state index in [1.165, 1.54) is 7.11 Å². The summed E-state index contributed by atoms with van der Waals surface area (Å²) in [5.41, 5.74) is 1.13. The minimum Gasteiger partial charge on any atom is -0.389 e. The predicted molar refractivity (Wildman–Crippen MR) is 85.7 cm³/mol. The van der Waals surface area contributed by atoms with Crippen LogP contribution in [0.4, 0.5) is 5.82 Å². The summed E-state index contributed by atoms with van der Waals surface area (Å²) in [7, 11) is 1.48. The third-order valence-corrected chi connectivity index (χ3v) is 4.02. The van der Waals surface area contributed by atoms with Gasteiger partial charge in [-0.2, -0.15) is 4.98 Å². The number of hydrogen-bond donors (Lipinski definition) is 1. The summed E-state index contributed by atoms with van der Waals surface area (Å²) in [5, 5.41) is 15.0. The topological polar surface area (TPSA) is 105 Å². The zero-order chi connectivity index (χ0) is 17.3. The molecular weight excluding hydrogens is 314 g/mol. The fourth-order valence-corrected chi connectivity index (χ4v) is 2.93. The Kier molecular flexibility index (Phi) is 4.63. The van der Waals surface area contributed by atoms with Crippen LogP contribution < -0.4 is 4.90 Å². The van der Waals surface area contributed by atoms with Gasteiger partial charge in [-0.1, -0.05) is 5.16 Å². The minimum absolute atomic E-state index is 0.00827. The number of β-amino-alcohol motifs (C(OH)–C–C–N with tert-alkyl or cyclic N) is 1. The lowest BCUT2D eigenvalue weighted by Gasteiger charge is -2.23. The van der Waals surface area contributed by atoms with Gasteiger partial charge in [0.25, 0.3) is 5.71 Å². The molecular formula is C15H21N5O4. The van der Waals surface area contributed by atoms with Gasteiger partial charge in [0.05, 0.1) is 11.8 Å². The molecule has 3 rings (SSSR count). The molecule has 24 heavy (non-hydrogen) atoms. The van der Waals surface area contributed by atoms with Crippen LogP contribution in [0, 0.1) is 13.8 Å². The summed E-state index contributed by atoms with van der Waals surface area (Å²) in [6.07, 6.45) is -0.682. The van der Waals surface area contributed by atoms with Crippen molar-refractivity contribution >= 4 is 22.8 Å². The second-order valence-corrected chi connectivity index (χ2v) is 5.92. The summed E-state index contributed by atoms with van der Waals surface area (Å²) in [6.45, 7) is 5.28. The lowest BCUT2D eigenvalue weighted by molar-refractivity contribution is -0.136. The van der Waals surface area contributed by atoms with E-state index in [1.807, 2.05) is 11.8 Å². The van der Waals surface area contributed by atoms with Gasteiger partial charge >= 0.3 is 0 Å². The molecule has 9 nitrogen and oxygen atoms in total. The van der Waals surface area contributed by atoms with Crippen LogP contribution in [-0.4, -0.2) is 77.0 Å². The maximum Gasteiger partial charge on any atom is 0.263 e. The Hall–Kier alpha value is -2.26. The second kappa shape index (κ2) is 6.70. The van der Waals surface area contributed by atoms with Gasteiger partial charge in [0.2, 0.25) is 5.91 Å². The molecule has 1 atom stereocenters. The average molecular weight is 335 g/mol. The molecule has 0 unspecified atom stereocenters. The highest BCUT2D eigenvalue weighted by atomic mass is 16.5. The Balaban J connectivity index is 1.90. The number of aromatic nitrogens is 3. The van der Waals surface area contributed by atoms with Crippen LogP contribution >= 0.6 is 0 Å². The molecule has 2 aromatic rings. The van der Waals surface area contributed by atoms with Gasteiger partial charge < -0.3 is 24.2 Å². The predicted octanol–water partition coefficient (Wildman–Crippen LogP) is -0.109. The van der Waals surface area contributed by atoms with Gasteiger partial charge in [-0.3, -0.25) is 4.79 Å². The van der Waals surface area contributed by atoms with Crippen molar-refractivity contribution in [2.45, 2.75) is 20.0 Å². The first-order valence-corrected chi connectivity index (χ1v) is 7.80. The average Bonchev–Trinajstić information content (AvgIpc) is 2.78. The standard InChI is InChI=1S/C15H21N5O4/c1-9-13-14(16-10(2)17-15(13)24-18-9)20-5-4-19(6-11(21)7-20)12(22)8-23-3/h11,21H,4-8H2,1-3H3/t11-/m1/s1. The summed E-state index contributed by atoms with van der Waals surface area (Å²) < 4.78 is 10.1. The Morgan fingerprint density at radius 1 is 1.33 bits per heavy atom. The number of carbonyl (C=O) groups excluding carboxylic acids is 1. The Morgan fingerprint density at radius 2 is 2.12 bits per heavy atom. The third-order valence-electron chi connectivity index (χ3n) is 4.02. The molecule has 0 bridgehead atoms. The van der Waals surface area contributed by atoms with Crippen LogP contribution in [0.15, 0.2) is 4.52 Å². The molecule has 3 heterocycles. The monoisotopic (exact) mass is 335 g/mol. The number of aliphatic hydroxyl groups is 1. The second-order valence-electron chi connectivity index (χ2n) is 5.92. The quantitative estimate of drug-likeness (QED) is 0.828. The van der Waals surface area contributed by atoms with Crippen LogP contribution in [0.2, 0.25) is 0 Å². The van der Waals surface area contributed by atoms with E-state index in [-0.39, 0.29) is 19.1 Å². The molecule has 1 fully saturated rings. The molecule has 130 valence electrons. The molecule has 0 saturated carbocycles. The molecule has 1 aliphatic heterocycles. The molecule has 0 aliphatic carbocycles. The molecule has 0 radical (unpaired) electrons. The van der Waals surface area contributed by atoms with Crippen molar-refractivity contribution in [1.29, 1.82) is 0 Å². The largest absolute Gasteiger partial charge is 0.389 e. The first-order valence-electron chi connectivity index (χ1n) is 7.80. The molecule has 1 saturated heterocycles. The number of aliphatic hydroxyl groups excluding tert-OH is 1. The Labute approximate surface area is 139 Å². The summed E-state index contributed by atoms with van der Waals surface area (Å²) in [6, 6.07) is 0. The van der Waals surface area contributed by atoms with Crippen LogP contribution in [0.5, 0.6) is 0 Å². The highest BCUT2D eigenvalue weighted by molar-refractivity contribution is 5.88. The number of fused-ring (bicyclic) bond motifs is 1. The van der Waals surface area contributed by atoms with E-state index in [2.05, 4.69) is 15.1 Å². The Bertz CT molecular complexity index is 747. The van der Waals surface area contributed by atoms with E-state index in [1.54, 1.807) is 11.8 Å². The number of aryl methyl sites for hydroxylation is 2. The molecule has 1 aliphatic rings. The molecule has 9 heteroatoms. The molecule has 2 aromatic heterocycles. The number of amides is 1. The number of anilines is 1. The molecule has 1 amide bonds. The summed E-state index contributed by atoms with van der Waals surface area (Å²) in [4.78, 5) is 24.4. The highest BCUT2D eigenvalue weighted by Crippen LogP contribution is 2.27. The van der Waals surface area contributed by atoms with Gasteiger partial charge in [-0.05, 0) is 13.8 Å². The number of hydrogen-bond acceptors (Lipinski definition) is 8. The zero-order valence-corrected chi connectivity index (χ0v) is 14.0. The van der Waals surface area contributed by atoms with Gasteiger partial charge in [0.15, 0.2) is 0 Å². The van der Waals surface area contributed by atoms with Gasteiger partial charge in [0.1, 0.15) is 23.6 Å². The third kappa shape index (κ3) is 3.17. The SMILES string of the molecule is COCC(=O)N1CCN(c2nc(C)nc3onc(C)c23)C[C@H](O)C1. The molecule has 0 spiro atoms. The van der Waals surface area contributed by atoms with Crippen LogP contribution in [0.3, 0.4) is 0 Å². The Morgan fingerprint density at radius 3 is 2.88 bits per heavy atom. The number of rotatable bonds is 3. The summed E-state index contributed by atoms with van der Waals surface area (Å²) in [5.74, 6) is 1.11. The van der Waals surface area contributed by atoms with E-state index in [0.717, 1.165) is 5.39 Å². The molecule has 0 aromatic carbocycles. The van der Waals surface area contributed by atoms with Crippen molar-refractivity contribution in [2.24, 2.45) is 0 Å². The number of methoxy groups -OCH3 is 1. The molecule has 1 N–H and O–H groups in total.